The number of amides is 2. The summed E-state index contributed by atoms with van der Waals surface area (Å²) in [5, 5.41) is 6.08. The Morgan fingerprint density at radius 2 is 2.03 bits per heavy atom. The second-order valence-electron chi connectivity index (χ2n) is 7.68. The number of hydrogen-bond acceptors (Lipinski definition) is 4. The monoisotopic (exact) mass is 414 g/mol. The average Bonchev–Trinajstić information content (AvgIpc) is 3.40. The molecule has 0 aliphatic carbocycles. The number of nitrogens with one attached hydrogen (secondary N) is 1. The van der Waals surface area contributed by atoms with Gasteiger partial charge < -0.3 is 19.4 Å². The zero-order chi connectivity index (χ0) is 21.4. The van der Waals surface area contributed by atoms with Gasteiger partial charge in [-0.15, -0.1) is 0 Å². The van der Waals surface area contributed by atoms with Crippen molar-refractivity contribution in [3.8, 4) is 5.75 Å². The van der Waals surface area contributed by atoms with E-state index in [4.69, 9.17) is 9.15 Å². The number of ether oxygens (including phenoxy) is 1. The highest BCUT2D eigenvalue weighted by atomic mass is 16.5. The van der Waals surface area contributed by atoms with E-state index in [9.17, 15) is 9.59 Å². The summed E-state index contributed by atoms with van der Waals surface area (Å²) in [6.45, 7) is 0.653. The summed E-state index contributed by atoms with van der Waals surface area (Å²) in [5.74, 6) is 0.526. The van der Waals surface area contributed by atoms with Crippen molar-refractivity contribution in [1.82, 2.24) is 0 Å². The number of carbonyl (C=O) groups excluding carboxylic acids is 2. The number of carbonyl (C=O) groups is 2. The van der Waals surface area contributed by atoms with Crippen LogP contribution in [0.15, 0.2) is 65.3 Å². The maximum Gasteiger partial charge on any atom is 0.228 e. The first-order chi connectivity index (χ1) is 15.1. The lowest BCUT2D eigenvalue weighted by Gasteiger charge is -2.20. The molecule has 0 bridgehead atoms. The zero-order valence-corrected chi connectivity index (χ0v) is 17.2. The van der Waals surface area contributed by atoms with Crippen molar-refractivity contribution in [2.75, 3.05) is 23.9 Å². The molecule has 0 saturated carbocycles. The fraction of sp³-hybridized carbons (Fsp3) is 0.200. The Morgan fingerprint density at radius 3 is 2.84 bits per heavy atom. The van der Waals surface area contributed by atoms with Crippen molar-refractivity contribution in [3.05, 3.63) is 66.4 Å². The third kappa shape index (κ3) is 3.50. The molecule has 5 rings (SSSR count). The number of hydrogen-bond donors (Lipinski definition) is 1. The van der Waals surface area contributed by atoms with Crippen LogP contribution >= 0.6 is 0 Å². The summed E-state index contributed by atoms with van der Waals surface area (Å²) in [6.07, 6.45) is 3.19. The number of benzene rings is 3. The van der Waals surface area contributed by atoms with Gasteiger partial charge in [0, 0.05) is 29.6 Å². The minimum Gasteiger partial charge on any atom is -0.495 e. The Kier molecular flexibility index (Phi) is 4.82. The number of fused-ring (bicyclic) bond motifs is 3. The fourth-order valence-corrected chi connectivity index (χ4v) is 4.26. The minimum atomic E-state index is -0.153. The molecule has 0 unspecified atom stereocenters. The van der Waals surface area contributed by atoms with Gasteiger partial charge >= 0.3 is 0 Å². The standard InChI is InChI=1S/C25H22N2O4/c1-30-21-11-9-18(14-20(21)27-12-4-7-24(27)29)26-23(28)13-17-15-31-22-10-8-16-5-2-3-6-19(16)25(17)22/h2-3,5-6,8-11,14-15H,4,7,12-13H2,1H3,(H,26,28). The van der Waals surface area contributed by atoms with Crippen LogP contribution in [-0.2, 0) is 16.0 Å². The molecular weight excluding hydrogens is 392 g/mol. The van der Waals surface area contributed by atoms with E-state index in [1.165, 1.54) is 0 Å². The van der Waals surface area contributed by atoms with Gasteiger partial charge in [-0.25, -0.2) is 0 Å². The molecule has 0 atom stereocenters. The Bertz CT molecular complexity index is 1310. The highest BCUT2D eigenvalue weighted by molar-refractivity contribution is 6.09. The van der Waals surface area contributed by atoms with Crippen LogP contribution in [0.2, 0.25) is 0 Å². The van der Waals surface area contributed by atoms with Crippen LogP contribution < -0.4 is 15.0 Å². The third-order valence-corrected chi connectivity index (χ3v) is 5.72. The molecule has 0 radical (unpaired) electrons. The Morgan fingerprint density at radius 1 is 1.16 bits per heavy atom. The zero-order valence-electron chi connectivity index (χ0n) is 17.2. The van der Waals surface area contributed by atoms with Gasteiger partial charge in [0.15, 0.2) is 0 Å². The molecule has 0 spiro atoms. The van der Waals surface area contributed by atoms with Gasteiger partial charge in [0.1, 0.15) is 11.3 Å². The fourth-order valence-electron chi connectivity index (χ4n) is 4.26. The van der Waals surface area contributed by atoms with Crippen molar-refractivity contribution >= 4 is 44.9 Å². The topological polar surface area (TPSA) is 71.8 Å². The van der Waals surface area contributed by atoms with Crippen molar-refractivity contribution in [3.63, 3.8) is 0 Å². The number of anilines is 2. The summed E-state index contributed by atoms with van der Waals surface area (Å²) in [5.41, 5.74) is 2.91. The predicted octanol–water partition coefficient (Wildman–Crippen LogP) is 4.90. The lowest BCUT2D eigenvalue weighted by molar-refractivity contribution is -0.117. The first kappa shape index (κ1) is 19.2. The second-order valence-corrected chi connectivity index (χ2v) is 7.68. The maximum absolute atomic E-state index is 12.8. The van der Waals surface area contributed by atoms with Gasteiger partial charge in [-0.1, -0.05) is 30.3 Å². The third-order valence-electron chi connectivity index (χ3n) is 5.72. The quantitative estimate of drug-likeness (QED) is 0.504. The van der Waals surface area contributed by atoms with Crippen LogP contribution in [0.1, 0.15) is 18.4 Å². The van der Waals surface area contributed by atoms with E-state index in [2.05, 4.69) is 5.32 Å². The van der Waals surface area contributed by atoms with E-state index in [1.54, 1.807) is 36.5 Å². The minimum absolute atomic E-state index is 0.0681. The lowest BCUT2D eigenvalue weighted by atomic mass is 10.0. The van der Waals surface area contributed by atoms with Crippen molar-refractivity contribution in [2.24, 2.45) is 0 Å². The van der Waals surface area contributed by atoms with Crippen LogP contribution in [0.25, 0.3) is 21.7 Å². The van der Waals surface area contributed by atoms with Gasteiger partial charge in [0.2, 0.25) is 11.8 Å². The summed E-state index contributed by atoms with van der Waals surface area (Å²) in [4.78, 5) is 26.8. The van der Waals surface area contributed by atoms with E-state index in [-0.39, 0.29) is 18.2 Å². The summed E-state index contributed by atoms with van der Waals surface area (Å²) in [7, 11) is 1.58. The molecule has 1 aliphatic heterocycles. The molecule has 1 aliphatic rings. The molecule has 1 N–H and O–H groups in total. The highest BCUT2D eigenvalue weighted by Gasteiger charge is 2.25. The van der Waals surface area contributed by atoms with E-state index in [0.717, 1.165) is 33.7 Å². The predicted molar refractivity (Wildman–Crippen MR) is 121 cm³/mol. The van der Waals surface area contributed by atoms with Gasteiger partial charge in [0.25, 0.3) is 0 Å². The second kappa shape index (κ2) is 7.80. The first-order valence-electron chi connectivity index (χ1n) is 10.3. The van der Waals surface area contributed by atoms with Gasteiger partial charge in [-0.2, -0.15) is 0 Å². The molecule has 31 heavy (non-hydrogen) atoms. The number of rotatable bonds is 5. The van der Waals surface area contributed by atoms with Crippen LogP contribution in [-0.4, -0.2) is 25.5 Å². The van der Waals surface area contributed by atoms with Gasteiger partial charge in [-0.3, -0.25) is 9.59 Å². The molecule has 6 nitrogen and oxygen atoms in total. The van der Waals surface area contributed by atoms with Crippen molar-refractivity contribution in [2.45, 2.75) is 19.3 Å². The van der Waals surface area contributed by atoms with E-state index < -0.39 is 0 Å². The molecule has 3 aromatic carbocycles. The van der Waals surface area contributed by atoms with Crippen LogP contribution in [0.4, 0.5) is 11.4 Å². The maximum atomic E-state index is 12.8. The van der Waals surface area contributed by atoms with Crippen LogP contribution in [0.5, 0.6) is 5.75 Å². The molecule has 1 aromatic heterocycles. The van der Waals surface area contributed by atoms with Crippen molar-refractivity contribution in [1.29, 1.82) is 0 Å². The smallest absolute Gasteiger partial charge is 0.228 e. The molecule has 4 aromatic rings. The van der Waals surface area contributed by atoms with Gasteiger partial charge in [-0.05, 0) is 41.5 Å². The largest absolute Gasteiger partial charge is 0.495 e. The molecule has 6 heteroatoms. The molecular formula is C25H22N2O4. The number of methoxy groups -OCH3 is 1. The SMILES string of the molecule is COc1ccc(NC(=O)Cc2coc3ccc4ccccc4c23)cc1N1CCCC1=O. The van der Waals surface area contributed by atoms with E-state index >= 15 is 0 Å². The Balaban J connectivity index is 1.41. The summed E-state index contributed by atoms with van der Waals surface area (Å²) >= 11 is 0. The van der Waals surface area contributed by atoms with Crippen LogP contribution in [0.3, 0.4) is 0 Å². The normalized spacial score (nSPS) is 13.8. The first-order valence-corrected chi connectivity index (χ1v) is 10.3. The Hall–Kier alpha value is -3.80. The summed E-state index contributed by atoms with van der Waals surface area (Å²) in [6, 6.07) is 17.4. The van der Waals surface area contributed by atoms with E-state index in [0.29, 0.717) is 30.1 Å². The average molecular weight is 414 g/mol. The molecule has 1 fully saturated rings. The van der Waals surface area contributed by atoms with E-state index in [1.807, 2.05) is 36.4 Å². The summed E-state index contributed by atoms with van der Waals surface area (Å²) < 4.78 is 11.1. The molecule has 2 heterocycles. The van der Waals surface area contributed by atoms with Crippen LogP contribution in [0, 0.1) is 0 Å². The highest BCUT2D eigenvalue weighted by Crippen LogP contribution is 2.34. The number of nitrogens with zero attached hydrogens (tertiary/aromatic N) is 1. The lowest BCUT2D eigenvalue weighted by Crippen LogP contribution is -2.24. The molecule has 2 amide bonds. The van der Waals surface area contributed by atoms with Crippen molar-refractivity contribution < 1.29 is 18.7 Å². The Labute approximate surface area is 179 Å². The number of furan rings is 1. The van der Waals surface area contributed by atoms with Gasteiger partial charge in [0.05, 0.1) is 25.5 Å². The molecule has 156 valence electrons. The molecule has 1 saturated heterocycles.